The fraction of sp³-hybridized carbons (Fsp3) is 0.357. The molecule has 0 spiro atoms. The number of H-pyrrole nitrogens is 1. The van der Waals surface area contributed by atoms with Gasteiger partial charge in [0.25, 0.3) is 0 Å². The van der Waals surface area contributed by atoms with Gasteiger partial charge in [-0.2, -0.15) is 14.9 Å². The van der Waals surface area contributed by atoms with E-state index in [4.69, 9.17) is 33.3 Å². The number of nitrogens with zero attached hydrogens (tertiary/aromatic N) is 3. The van der Waals surface area contributed by atoms with E-state index in [-0.39, 0.29) is 0 Å². The maximum atomic E-state index is 6.26. The number of nitrogens with one attached hydrogen (secondary N) is 1. The maximum absolute atomic E-state index is 6.26. The number of benzene rings is 1. The molecule has 0 aliphatic carbocycles. The van der Waals surface area contributed by atoms with Gasteiger partial charge in [-0.1, -0.05) is 18.5 Å². The van der Waals surface area contributed by atoms with Gasteiger partial charge in [0, 0.05) is 0 Å². The zero-order valence-electron chi connectivity index (χ0n) is 12.6. The van der Waals surface area contributed by atoms with E-state index in [1.165, 1.54) is 4.68 Å². The number of aryl methyl sites for hydroxylation is 1. The van der Waals surface area contributed by atoms with E-state index in [2.05, 4.69) is 15.3 Å². The Labute approximate surface area is 138 Å². The number of rotatable bonds is 6. The fourth-order valence-electron chi connectivity index (χ4n) is 1.79. The van der Waals surface area contributed by atoms with Gasteiger partial charge in [-0.3, -0.25) is 5.10 Å². The number of aromatic amines is 1. The molecule has 118 valence electrons. The van der Waals surface area contributed by atoms with Gasteiger partial charge in [0.2, 0.25) is 4.77 Å². The number of halogens is 1. The van der Waals surface area contributed by atoms with Crippen molar-refractivity contribution in [2.24, 2.45) is 5.10 Å². The minimum Gasteiger partial charge on any atom is -0.493 e. The Balaban J connectivity index is 2.33. The smallest absolute Gasteiger partial charge is 0.216 e. The van der Waals surface area contributed by atoms with Crippen molar-refractivity contribution in [2.75, 3.05) is 13.7 Å². The second-order valence-electron chi connectivity index (χ2n) is 4.51. The summed E-state index contributed by atoms with van der Waals surface area (Å²) in [5.74, 6) is 1.77. The highest BCUT2D eigenvalue weighted by atomic mass is 35.5. The molecule has 1 aromatic carbocycles. The predicted octanol–water partition coefficient (Wildman–Crippen LogP) is 3.58. The molecular formula is C14H17ClN4O2S. The van der Waals surface area contributed by atoms with Gasteiger partial charge in [-0.05, 0) is 43.3 Å². The van der Waals surface area contributed by atoms with Crippen LogP contribution in [0.5, 0.6) is 11.5 Å². The molecule has 2 aromatic rings. The SMILES string of the molecule is CCCOc1c(Cl)cc(/C=N\n2c(C)n[nH]c2=S)cc1OC. The molecular weight excluding hydrogens is 324 g/mol. The zero-order chi connectivity index (χ0) is 16.1. The van der Waals surface area contributed by atoms with E-state index in [1.54, 1.807) is 32.4 Å². The van der Waals surface area contributed by atoms with Crippen molar-refractivity contribution in [1.82, 2.24) is 14.9 Å². The fourth-order valence-corrected chi connectivity index (χ4v) is 2.29. The third-order valence-electron chi connectivity index (χ3n) is 2.84. The summed E-state index contributed by atoms with van der Waals surface area (Å²) in [6, 6.07) is 3.57. The quantitative estimate of drug-likeness (QED) is 0.644. The first kappa shape index (κ1) is 16.5. The van der Waals surface area contributed by atoms with Crippen LogP contribution >= 0.6 is 23.8 Å². The molecule has 0 saturated heterocycles. The highest BCUT2D eigenvalue weighted by Gasteiger charge is 2.11. The van der Waals surface area contributed by atoms with Crippen molar-refractivity contribution in [3.63, 3.8) is 0 Å². The van der Waals surface area contributed by atoms with Gasteiger partial charge in [0.1, 0.15) is 5.82 Å². The Kier molecular flexibility index (Phi) is 5.57. The van der Waals surface area contributed by atoms with Crippen molar-refractivity contribution < 1.29 is 9.47 Å². The molecule has 0 aliphatic rings. The van der Waals surface area contributed by atoms with Crippen molar-refractivity contribution in [3.8, 4) is 11.5 Å². The summed E-state index contributed by atoms with van der Waals surface area (Å²) in [6.45, 7) is 4.41. The minimum absolute atomic E-state index is 0.426. The third-order valence-corrected chi connectivity index (χ3v) is 3.38. The Bertz CT molecular complexity index is 739. The first-order chi connectivity index (χ1) is 10.6. The number of ether oxygens (including phenoxy) is 2. The monoisotopic (exact) mass is 340 g/mol. The molecule has 0 amide bonds. The van der Waals surface area contributed by atoms with Crippen LogP contribution in [0.4, 0.5) is 0 Å². The molecule has 0 atom stereocenters. The van der Waals surface area contributed by atoms with Crippen LogP contribution < -0.4 is 9.47 Å². The summed E-state index contributed by atoms with van der Waals surface area (Å²) < 4.78 is 12.9. The molecule has 0 fully saturated rings. The summed E-state index contributed by atoms with van der Waals surface area (Å²) in [4.78, 5) is 0. The summed E-state index contributed by atoms with van der Waals surface area (Å²) in [5.41, 5.74) is 0.771. The van der Waals surface area contributed by atoms with Crippen LogP contribution in [-0.4, -0.2) is 34.8 Å². The van der Waals surface area contributed by atoms with Crippen LogP contribution in [0.1, 0.15) is 24.7 Å². The molecule has 8 heteroatoms. The molecule has 0 saturated carbocycles. The lowest BCUT2D eigenvalue weighted by Crippen LogP contribution is -2.00. The van der Waals surface area contributed by atoms with Gasteiger partial charge in [0.05, 0.1) is 25.0 Å². The van der Waals surface area contributed by atoms with Crippen LogP contribution in [-0.2, 0) is 0 Å². The number of hydrogen-bond donors (Lipinski definition) is 1. The van der Waals surface area contributed by atoms with Crippen LogP contribution in [0.3, 0.4) is 0 Å². The zero-order valence-corrected chi connectivity index (χ0v) is 14.2. The molecule has 0 bridgehead atoms. The number of aromatic nitrogens is 3. The van der Waals surface area contributed by atoms with Gasteiger partial charge in [-0.15, -0.1) is 0 Å². The highest BCUT2D eigenvalue weighted by Crippen LogP contribution is 2.36. The average molecular weight is 341 g/mol. The van der Waals surface area contributed by atoms with E-state index in [1.807, 2.05) is 6.92 Å². The molecule has 22 heavy (non-hydrogen) atoms. The third kappa shape index (κ3) is 3.66. The minimum atomic E-state index is 0.426. The van der Waals surface area contributed by atoms with E-state index in [9.17, 15) is 0 Å². The van der Waals surface area contributed by atoms with E-state index in [0.29, 0.717) is 33.7 Å². The maximum Gasteiger partial charge on any atom is 0.216 e. The topological polar surface area (TPSA) is 64.4 Å². The van der Waals surface area contributed by atoms with Gasteiger partial charge >= 0.3 is 0 Å². The summed E-state index contributed by atoms with van der Waals surface area (Å²) in [5, 5.41) is 11.4. The van der Waals surface area contributed by atoms with Crippen molar-refractivity contribution >= 4 is 30.0 Å². The molecule has 0 aliphatic heterocycles. The standard InChI is InChI=1S/C14H17ClN4O2S/c1-4-5-21-13-11(15)6-10(7-12(13)20-3)8-16-19-9(2)17-18-14(19)22/h6-8H,4-5H2,1-3H3,(H,18,22)/b16-8-. The van der Waals surface area contributed by atoms with E-state index < -0.39 is 0 Å². The number of methoxy groups -OCH3 is 1. The van der Waals surface area contributed by atoms with Crippen LogP contribution in [0, 0.1) is 11.7 Å². The normalized spacial score (nSPS) is 11.1. The Morgan fingerprint density at radius 2 is 2.27 bits per heavy atom. The highest BCUT2D eigenvalue weighted by molar-refractivity contribution is 7.71. The van der Waals surface area contributed by atoms with E-state index in [0.717, 1.165) is 12.0 Å². The van der Waals surface area contributed by atoms with E-state index >= 15 is 0 Å². The van der Waals surface area contributed by atoms with Gasteiger partial charge in [0.15, 0.2) is 11.5 Å². The second-order valence-corrected chi connectivity index (χ2v) is 5.31. The molecule has 2 rings (SSSR count). The Morgan fingerprint density at radius 1 is 1.50 bits per heavy atom. The van der Waals surface area contributed by atoms with Crippen molar-refractivity contribution in [2.45, 2.75) is 20.3 Å². The molecule has 1 aromatic heterocycles. The average Bonchev–Trinajstić information content (AvgIpc) is 2.82. The lowest BCUT2D eigenvalue weighted by Gasteiger charge is -2.12. The summed E-state index contributed by atoms with van der Waals surface area (Å²) in [6.07, 6.45) is 2.52. The predicted molar refractivity (Wildman–Crippen MR) is 88.9 cm³/mol. The van der Waals surface area contributed by atoms with Crippen LogP contribution in [0.15, 0.2) is 17.2 Å². The summed E-state index contributed by atoms with van der Waals surface area (Å²) in [7, 11) is 1.57. The summed E-state index contributed by atoms with van der Waals surface area (Å²) >= 11 is 11.4. The molecule has 1 N–H and O–H groups in total. The van der Waals surface area contributed by atoms with Crippen molar-refractivity contribution in [3.05, 3.63) is 33.3 Å². The van der Waals surface area contributed by atoms with Crippen LogP contribution in [0.2, 0.25) is 5.02 Å². The Morgan fingerprint density at radius 3 is 2.86 bits per heavy atom. The van der Waals surface area contributed by atoms with Gasteiger partial charge < -0.3 is 9.47 Å². The lowest BCUT2D eigenvalue weighted by atomic mass is 10.2. The second kappa shape index (κ2) is 7.42. The van der Waals surface area contributed by atoms with Gasteiger partial charge in [-0.25, -0.2) is 0 Å². The van der Waals surface area contributed by atoms with Crippen LogP contribution in [0.25, 0.3) is 0 Å². The first-order valence-electron chi connectivity index (χ1n) is 6.75. The lowest BCUT2D eigenvalue weighted by molar-refractivity contribution is 0.294. The molecule has 6 nitrogen and oxygen atoms in total. The largest absolute Gasteiger partial charge is 0.493 e. The number of hydrogen-bond acceptors (Lipinski definition) is 5. The Hall–Kier alpha value is -1.86. The first-order valence-corrected chi connectivity index (χ1v) is 7.54. The molecule has 0 unspecified atom stereocenters. The molecule has 0 radical (unpaired) electrons. The van der Waals surface area contributed by atoms with Crippen molar-refractivity contribution in [1.29, 1.82) is 0 Å². The molecule has 1 heterocycles.